The molecule has 0 bridgehead atoms. The quantitative estimate of drug-likeness (QED) is 0.262. The van der Waals surface area contributed by atoms with Crippen molar-refractivity contribution in [2.24, 2.45) is 13.0 Å². The first-order valence-electron chi connectivity index (χ1n) is 13.1. The summed E-state index contributed by atoms with van der Waals surface area (Å²) >= 11 is 6.76. The number of nitriles is 1. The van der Waals surface area contributed by atoms with Crippen LogP contribution in [0.25, 0.3) is 6.08 Å². The zero-order chi connectivity index (χ0) is 29.0. The number of pyridine rings is 1. The van der Waals surface area contributed by atoms with E-state index < -0.39 is 5.56 Å². The van der Waals surface area contributed by atoms with Crippen LogP contribution in [0.3, 0.4) is 0 Å². The number of piperidine rings is 1. The molecule has 3 heterocycles. The molecule has 0 N–H and O–H groups in total. The molecular formula is C29H32N4O5S2. The van der Waals surface area contributed by atoms with Gasteiger partial charge in [-0.2, -0.15) is 5.26 Å². The van der Waals surface area contributed by atoms with E-state index in [4.69, 9.17) is 21.7 Å². The zero-order valence-corrected chi connectivity index (χ0v) is 24.7. The largest absolute Gasteiger partial charge is 0.497 e. The minimum Gasteiger partial charge on any atom is -0.497 e. The van der Waals surface area contributed by atoms with E-state index in [0.29, 0.717) is 65.3 Å². The highest BCUT2D eigenvalue weighted by Gasteiger charge is 2.34. The summed E-state index contributed by atoms with van der Waals surface area (Å²) in [5.41, 5.74) is 1.74. The number of thiocarbonyl (C=S) groups is 1. The second-order valence-corrected chi connectivity index (χ2v) is 11.4. The maximum Gasteiger partial charge on any atom is 0.310 e. The Balaban J connectivity index is 1.67. The molecule has 2 aromatic rings. The number of thioether (sulfide) groups is 1. The van der Waals surface area contributed by atoms with Crippen LogP contribution in [-0.2, 0) is 27.8 Å². The molecule has 2 aliphatic rings. The second-order valence-electron chi connectivity index (χ2n) is 9.68. The van der Waals surface area contributed by atoms with E-state index in [1.54, 1.807) is 39.0 Å². The van der Waals surface area contributed by atoms with Gasteiger partial charge in [0.1, 0.15) is 27.5 Å². The number of anilines is 1. The minimum absolute atomic E-state index is 0.0198. The van der Waals surface area contributed by atoms with Crippen LogP contribution < -0.4 is 15.2 Å². The first kappa shape index (κ1) is 29.4. The van der Waals surface area contributed by atoms with Gasteiger partial charge in [0, 0.05) is 32.2 Å². The summed E-state index contributed by atoms with van der Waals surface area (Å²) in [5.74, 6) is 0.522. The molecule has 4 rings (SSSR count). The summed E-state index contributed by atoms with van der Waals surface area (Å²) in [4.78, 5) is 43.1. The van der Waals surface area contributed by atoms with Crippen LogP contribution in [0.4, 0.5) is 5.82 Å². The second kappa shape index (κ2) is 12.7. The number of hydrogen-bond donors (Lipinski definition) is 0. The molecule has 1 atom stereocenters. The number of hydrogen-bond acceptors (Lipinski definition) is 9. The van der Waals surface area contributed by atoms with Crippen molar-refractivity contribution in [1.82, 2.24) is 9.47 Å². The lowest BCUT2D eigenvalue weighted by Gasteiger charge is -2.35. The average molecular weight is 581 g/mol. The van der Waals surface area contributed by atoms with Crippen LogP contribution in [0.1, 0.15) is 42.0 Å². The van der Waals surface area contributed by atoms with E-state index in [1.807, 2.05) is 35.2 Å². The molecular weight excluding hydrogens is 548 g/mol. The van der Waals surface area contributed by atoms with E-state index in [0.717, 1.165) is 17.7 Å². The summed E-state index contributed by atoms with van der Waals surface area (Å²) < 4.78 is 12.4. The van der Waals surface area contributed by atoms with Crippen LogP contribution in [0.15, 0.2) is 34.0 Å². The number of amides is 1. The predicted molar refractivity (Wildman–Crippen MR) is 159 cm³/mol. The lowest BCUT2D eigenvalue weighted by Crippen LogP contribution is -2.42. The first-order valence-corrected chi connectivity index (χ1v) is 14.4. The number of methoxy groups -OCH3 is 1. The molecule has 40 heavy (non-hydrogen) atoms. The number of nitrogens with zero attached hydrogens (tertiary/aromatic N) is 4. The summed E-state index contributed by atoms with van der Waals surface area (Å²) in [6.45, 7) is 5.21. The van der Waals surface area contributed by atoms with Crippen LogP contribution in [0.5, 0.6) is 5.75 Å². The average Bonchev–Trinajstić information content (AvgIpc) is 3.22. The fraction of sp³-hybridized carbons (Fsp3) is 0.414. The highest BCUT2D eigenvalue weighted by atomic mass is 32.2. The number of rotatable bonds is 8. The Kier molecular flexibility index (Phi) is 9.32. The molecule has 0 saturated carbocycles. The Hall–Kier alpha value is -3.62. The van der Waals surface area contributed by atoms with E-state index in [9.17, 15) is 19.6 Å². The van der Waals surface area contributed by atoms with Crippen molar-refractivity contribution in [3.05, 3.63) is 61.8 Å². The SMILES string of the molecule is CCOC(=O)C1CCCN(c2c(/C=C3\SC(=S)N(CCc4ccc(OC)cc4)C3=O)c(C)c(C#N)c(=O)n2C)C1. The van der Waals surface area contributed by atoms with E-state index in [-0.39, 0.29) is 23.4 Å². The molecule has 2 fully saturated rings. The van der Waals surface area contributed by atoms with Crippen LogP contribution in [0.2, 0.25) is 0 Å². The Bertz CT molecular complexity index is 1460. The smallest absolute Gasteiger partial charge is 0.310 e. The molecule has 0 aliphatic carbocycles. The molecule has 1 aromatic carbocycles. The number of ether oxygens (including phenoxy) is 2. The van der Waals surface area contributed by atoms with E-state index in [2.05, 4.69) is 0 Å². The molecule has 0 spiro atoms. The van der Waals surface area contributed by atoms with Gasteiger partial charge in [0.15, 0.2) is 0 Å². The standard InChI is InChI=1S/C29H32N4O5S2/c1-5-38-28(36)20-7-6-13-32(17-20)25-22(18(2)23(16-30)26(34)31(25)3)15-24-27(35)33(29(39)40-24)14-12-19-8-10-21(37-4)11-9-19/h8-11,15,20H,5-7,12-14,17H2,1-4H3/b24-15-. The monoisotopic (exact) mass is 580 g/mol. The zero-order valence-electron chi connectivity index (χ0n) is 23.1. The van der Waals surface area contributed by atoms with Gasteiger partial charge in [0.05, 0.1) is 24.5 Å². The van der Waals surface area contributed by atoms with Gasteiger partial charge in [-0.15, -0.1) is 0 Å². The number of esters is 1. The van der Waals surface area contributed by atoms with Crippen molar-refractivity contribution < 1.29 is 19.1 Å². The molecule has 210 valence electrons. The number of carbonyl (C=O) groups excluding carboxylic acids is 2. The van der Waals surface area contributed by atoms with Crippen molar-refractivity contribution in [3.63, 3.8) is 0 Å². The highest BCUT2D eigenvalue weighted by Crippen LogP contribution is 2.36. The van der Waals surface area contributed by atoms with Crippen molar-refractivity contribution >= 4 is 52.1 Å². The van der Waals surface area contributed by atoms with Gasteiger partial charge >= 0.3 is 5.97 Å². The summed E-state index contributed by atoms with van der Waals surface area (Å²) in [5, 5.41) is 9.76. The lowest BCUT2D eigenvalue weighted by molar-refractivity contribution is -0.148. The summed E-state index contributed by atoms with van der Waals surface area (Å²) in [6.07, 6.45) is 3.78. The van der Waals surface area contributed by atoms with Gasteiger partial charge in [-0.25, -0.2) is 0 Å². The molecule has 1 aromatic heterocycles. The lowest BCUT2D eigenvalue weighted by atomic mass is 9.96. The maximum atomic E-state index is 13.5. The molecule has 0 radical (unpaired) electrons. The van der Waals surface area contributed by atoms with Gasteiger partial charge < -0.3 is 14.4 Å². The van der Waals surface area contributed by atoms with E-state index >= 15 is 0 Å². The Morgan fingerprint density at radius 3 is 2.65 bits per heavy atom. The molecule has 11 heteroatoms. The molecule has 1 amide bonds. The topological polar surface area (TPSA) is 105 Å². The maximum absolute atomic E-state index is 13.5. The Labute approximate surface area is 243 Å². The Morgan fingerprint density at radius 2 is 2.00 bits per heavy atom. The van der Waals surface area contributed by atoms with Crippen molar-refractivity contribution in [2.45, 2.75) is 33.1 Å². The number of aromatic nitrogens is 1. The van der Waals surface area contributed by atoms with Crippen LogP contribution >= 0.6 is 24.0 Å². The van der Waals surface area contributed by atoms with Crippen molar-refractivity contribution in [1.29, 1.82) is 5.26 Å². The fourth-order valence-electron chi connectivity index (χ4n) is 5.07. The molecule has 2 aliphatic heterocycles. The minimum atomic E-state index is -0.419. The third-order valence-corrected chi connectivity index (χ3v) is 8.62. The fourth-order valence-corrected chi connectivity index (χ4v) is 6.36. The van der Waals surface area contributed by atoms with Gasteiger partial charge in [0.25, 0.3) is 11.5 Å². The molecule has 2 saturated heterocycles. The van der Waals surface area contributed by atoms with Gasteiger partial charge in [0.2, 0.25) is 0 Å². The highest BCUT2D eigenvalue weighted by molar-refractivity contribution is 8.26. The summed E-state index contributed by atoms with van der Waals surface area (Å²) in [7, 11) is 3.23. The molecule has 9 nitrogen and oxygen atoms in total. The van der Waals surface area contributed by atoms with Gasteiger partial charge in [-0.1, -0.05) is 36.1 Å². The third-order valence-electron chi connectivity index (χ3n) is 7.24. The van der Waals surface area contributed by atoms with Gasteiger partial charge in [-0.3, -0.25) is 23.9 Å². The van der Waals surface area contributed by atoms with Crippen LogP contribution in [-0.4, -0.2) is 59.0 Å². The van der Waals surface area contributed by atoms with Crippen LogP contribution in [0, 0.1) is 24.2 Å². The summed E-state index contributed by atoms with van der Waals surface area (Å²) in [6, 6.07) is 9.70. The normalized spacial score (nSPS) is 18.3. The Morgan fingerprint density at radius 1 is 1.27 bits per heavy atom. The van der Waals surface area contributed by atoms with Gasteiger partial charge in [-0.05, 0) is 62.4 Å². The first-order chi connectivity index (χ1) is 19.2. The number of benzene rings is 1. The number of carbonyl (C=O) groups is 2. The predicted octanol–water partition coefficient (Wildman–Crippen LogP) is 3.80. The molecule has 1 unspecified atom stereocenters. The third kappa shape index (κ3) is 5.93. The van der Waals surface area contributed by atoms with Crippen molar-refractivity contribution in [3.8, 4) is 11.8 Å². The van der Waals surface area contributed by atoms with Crippen molar-refractivity contribution in [2.75, 3.05) is 38.3 Å². The van der Waals surface area contributed by atoms with E-state index in [1.165, 1.54) is 16.3 Å².